The van der Waals surface area contributed by atoms with E-state index in [1.807, 2.05) is 0 Å². The van der Waals surface area contributed by atoms with Gasteiger partial charge in [0.15, 0.2) is 0 Å². The second-order valence-electron chi connectivity index (χ2n) is 8.83. The molecule has 0 fully saturated rings. The van der Waals surface area contributed by atoms with Crippen LogP contribution in [0.5, 0.6) is 0 Å². The summed E-state index contributed by atoms with van der Waals surface area (Å²) in [7, 11) is 0. The smallest absolute Gasteiger partial charge is 0.105 e. The fourth-order valence-corrected chi connectivity index (χ4v) is 4.41. The molecule has 0 aliphatic rings. The van der Waals surface area contributed by atoms with Crippen molar-refractivity contribution < 1.29 is 4.48 Å². The van der Waals surface area contributed by atoms with E-state index in [1.165, 1.54) is 67.2 Å². The molecule has 0 heterocycles. The van der Waals surface area contributed by atoms with E-state index in [0.29, 0.717) is 0 Å². The first kappa shape index (κ1) is 25.1. The lowest BCUT2D eigenvalue weighted by molar-refractivity contribution is -0.954. The Morgan fingerprint density at radius 1 is 0.548 bits per heavy atom. The van der Waals surface area contributed by atoms with Crippen LogP contribution in [0.1, 0.15) is 76.3 Å². The largest absolute Gasteiger partial charge is 0.316 e. The molecule has 0 aliphatic carbocycles. The summed E-state index contributed by atoms with van der Waals surface area (Å²) >= 11 is 0. The summed E-state index contributed by atoms with van der Waals surface area (Å²) in [6.07, 6.45) is 19.2. The molecular weight excluding hydrogens is 374 g/mol. The molecule has 1 nitrogen and oxygen atoms in total. The van der Waals surface area contributed by atoms with Crippen molar-refractivity contribution in [3.63, 3.8) is 0 Å². The van der Waals surface area contributed by atoms with E-state index < -0.39 is 0 Å². The quantitative estimate of drug-likeness (QED) is 0.146. The number of benzene rings is 2. The Hall–Kier alpha value is -2.12. The van der Waals surface area contributed by atoms with Gasteiger partial charge in [-0.15, -0.1) is 0 Å². The van der Waals surface area contributed by atoms with Gasteiger partial charge in [0, 0.05) is 11.1 Å². The third-order valence-electron chi connectivity index (χ3n) is 6.03. The van der Waals surface area contributed by atoms with Crippen molar-refractivity contribution in [2.75, 3.05) is 13.1 Å². The minimum atomic E-state index is 1.13. The summed E-state index contributed by atoms with van der Waals surface area (Å²) < 4.78 is 1.17. The fraction of sp³-hybridized carbons (Fsp3) is 0.467. The van der Waals surface area contributed by atoms with Crippen LogP contribution in [0.15, 0.2) is 85.0 Å². The molecule has 0 bridgehead atoms. The van der Waals surface area contributed by atoms with Gasteiger partial charge in [-0.25, -0.2) is 0 Å². The van der Waals surface area contributed by atoms with Crippen LogP contribution in [0.25, 0.3) is 0 Å². The molecule has 2 aromatic carbocycles. The van der Waals surface area contributed by atoms with Crippen LogP contribution in [-0.2, 0) is 13.1 Å². The Labute approximate surface area is 192 Å². The van der Waals surface area contributed by atoms with E-state index in [2.05, 4.69) is 98.8 Å². The van der Waals surface area contributed by atoms with Gasteiger partial charge >= 0.3 is 0 Å². The van der Waals surface area contributed by atoms with Crippen LogP contribution in [-0.4, -0.2) is 17.6 Å². The number of allylic oxidation sites excluding steroid dienone is 4. The van der Waals surface area contributed by atoms with Crippen LogP contribution in [0.3, 0.4) is 0 Å². The van der Waals surface area contributed by atoms with E-state index in [4.69, 9.17) is 0 Å². The summed E-state index contributed by atoms with van der Waals surface area (Å²) in [5, 5.41) is 0. The predicted octanol–water partition coefficient (Wildman–Crippen LogP) is 8.48. The highest BCUT2D eigenvalue weighted by atomic mass is 15.3. The molecule has 0 spiro atoms. The van der Waals surface area contributed by atoms with Gasteiger partial charge in [0.2, 0.25) is 0 Å². The summed E-state index contributed by atoms with van der Waals surface area (Å²) in [4.78, 5) is 0. The third-order valence-corrected chi connectivity index (χ3v) is 6.03. The Bertz CT molecular complexity index is 664. The van der Waals surface area contributed by atoms with Crippen LogP contribution < -0.4 is 0 Å². The maximum atomic E-state index is 2.36. The van der Waals surface area contributed by atoms with Crippen LogP contribution in [0.4, 0.5) is 0 Å². The Morgan fingerprint density at radius 3 is 1.35 bits per heavy atom. The number of quaternary nitrogens is 1. The van der Waals surface area contributed by atoms with Crippen molar-refractivity contribution in [2.24, 2.45) is 0 Å². The lowest BCUT2D eigenvalue weighted by Gasteiger charge is -2.39. The van der Waals surface area contributed by atoms with Gasteiger partial charge in [-0.3, -0.25) is 0 Å². The monoisotopic (exact) mass is 418 g/mol. The van der Waals surface area contributed by atoms with Gasteiger partial charge in [0.05, 0.1) is 13.1 Å². The molecule has 0 saturated carbocycles. The van der Waals surface area contributed by atoms with Crippen molar-refractivity contribution in [3.8, 4) is 0 Å². The molecule has 31 heavy (non-hydrogen) atoms. The molecule has 0 unspecified atom stereocenters. The lowest BCUT2D eigenvalue weighted by atomic mass is 10.1. The minimum absolute atomic E-state index is 1.13. The summed E-state index contributed by atoms with van der Waals surface area (Å²) in [6, 6.07) is 22.3. The van der Waals surface area contributed by atoms with Crippen LogP contribution >= 0.6 is 0 Å². The first-order chi connectivity index (χ1) is 15.3. The molecule has 0 radical (unpaired) electrons. The second kappa shape index (κ2) is 15.6. The minimum Gasteiger partial charge on any atom is -0.316 e. The highest BCUT2D eigenvalue weighted by Gasteiger charge is 2.27. The van der Waals surface area contributed by atoms with E-state index in [9.17, 15) is 0 Å². The average Bonchev–Trinajstić information content (AvgIpc) is 2.80. The Kier molecular flexibility index (Phi) is 12.7. The topological polar surface area (TPSA) is 0 Å². The maximum absolute atomic E-state index is 2.36. The highest BCUT2D eigenvalue weighted by Crippen LogP contribution is 2.23. The molecular formula is C30H44N+. The predicted molar refractivity (Wildman–Crippen MR) is 137 cm³/mol. The van der Waals surface area contributed by atoms with E-state index in [1.54, 1.807) is 0 Å². The highest BCUT2D eigenvalue weighted by molar-refractivity contribution is 5.15. The Balaban J connectivity index is 2.13. The molecule has 0 saturated heterocycles. The molecule has 1 heteroatoms. The number of hydrogen-bond donors (Lipinski definition) is 0. The fourth-order valence-electron chi connectivity index (χ4n) is 4.41. The number of nitrogens with zero attached hydrogens (tertiary/aromatic N) is 1. The van der Waals surface area contributed by atoms with Gasteiger partial charge in [-0.05, 0) is 51.4 Å². The number of rotatable bonds is 16. The second-order valence-corrected chi connectivity index (χ2v) is 8.83. The average molecular weight is 419 g/mol. The van der Waals surface area contributed by atoms with E-state index >= 15 is 0 Å². The molecule has 0 atom stereocenters. The van der Waals surface area contributed by atoms with Gasteiger partial charge < -0.3 is 4.48 Å². The number of hydrogen-bond acceptors (Lipinski definition) is 0. The summed E-state index contributed by atoms with van der Waals surface area (Å²) in [5.74, 6) is 0. The molecule has 0 N–H and O–H groups in total. The molecule has 168 valence electrons. The first-order valence-corrected chi connectivity index (χ1v) is 12.5. The van der Waals surface area contributed by atoms with Crippen molar-refractivity contribution >= 4 is 0 Å². The summed E-state index contributed by atoms with van der Waals surface area (Å²) in [6.45, 7) is 9.21. The van der Waals surface area contributed by atoms with Crippen molar-refractivity contribution in [1.29, 1.82) is 0 Å². The van der Waals surface area contributed by atoms with Gasteiger partial charge in [0.25, 0.3) is 0 Å². The number of unbranched alkanes of at least 4 members (excludes halogenated alkanes) is 4. The molecule has 0 aliphatic heterocycles. The van der Waals surface area contributed by atoms with Crippen LogP contribution in [0.2, 0.25) is 0 Å². The third kappa shape index (κ3) is 10.6. The zero-order valence-corrected chi connectivity index (χ0v) is 20.0. The summed E-state index contributed by atoms with van der Waals surface area (Å²) in [5.41, 5.74) is 2.94. The van der Waals surface area contributed by atoms with Crippen molar-refractivity contribution in [2.45, 2.75) is 78.3 Å². The Morgan fingerprint density at radius 2 is 0.968 bits per heavy atom. The SMILES string of the molecule is CC/C=C/CCCC[N+](CCCC/C=C/CC)(Cc1ccccc1)Cc1ccccc1. The molecule has 2 aromatic rings. The molecule has 2 rings (SSSR count). The van der Waals surface area contributed by atoms with Gasteiger partial charge in [0.1, 0.15) is 13.1 Å². The van der Waals surface area contributed by atoms with E-state index in [-0.39, 0.29) is 0 Å². The first-order valence-electron chi connectivity index (χ1n) is 12.5. The van der Waals surface area contributed by atoms with Crippen molar-refractivity contribution in [1.82, 2.24) is 0 Å². The molecule has 0 aromatic heterocycles. The maximum Gasteiger partial charge on any atom is 0.105 e. The van der Waals surface area contributed by atoms with Gasteiger partial charge in [-0.1, -0.05) is 98.8 Å². The van der Waals surface area contributed by atoms with Crippen LogP contribution in [0, 0.1) is 0 Å². The normalized spacial score (nSPS) is 12.2. The lowest BCUT2D eigenvalue weighted by Crippen LogP contribution is -2.48. The standard InChI is InChI=1S/C30H44N/c1-3-5-7-9-11-19-25-31(26-20-12-10-8-6-4-2,27-29-21-15-13-16-22-29)28-30-23-17-14-18-24-30/h5-8,13-18,21-24H,3-4,9-12,19-20,25-28H2,1-2H3/q+1/b7-5+,8-6+. The van der Waals surface area contributed by atoms with Gasteiger partial charge in [-0.2, -0.15) is 0 Å². The van der Waals surface area contributed by atoms with E-state index in [0.717, 1.165) is 25.9 Å². The molecule has 0 amide bonds. The van der Waals surface area contributed by atoms with Crippen molar-refractivity contribution in [3.05, 3.63) is 96.1 Å². The zero-order chi connectivity index (χ0) is 22.0. The zero-order valence-electron chi connectivity index (χ0n) is 20.0.